The molecule has 0 aromatic heterocycles. The number of nitrogens with one attached hydrogen (secondary N) is 7. The van der Waals surface area contributed by atoms with Gasteiger partial charge in [0.1, 0.15) is 18.1 Å². The average Bonchev–Trinajstić information content (AvgIpc) is 3.34. The van der Waals surface area contributed by atoms with E-state index in [9.17, 15) is 48.3 Å². The molecule has 1 aliphatic heterocycles. The van der Waals surface area contributed by atoms with Gasteiger partial charge in [0.15, 0.2) is 0 Å². The van der Waals surface area contributed by atoms with Crippen LogP contribution in [0, 0.1) is 23.2 Å². The van der Waals surface area contributed by atoms with Gasteiger partial charge < -0.3 is 47.6 Å². The SMILES string of the molecule is C/C(=C\C(NC(=O)[C@@H](NC(=O)C(N(C)C)C(C)(C)c1ccccc1)C(C)(C)C)C(C)C)C(=O)NOCc1ccc(NC(=O)[C@H](CCCNC(N)=O)NC(=O)C(NC(=O)CCC(=O)N2CCC(C(=O)O)CC2)C(C)C)cc1. The topological polar surface area (TPSA) is 300 Å². The van der Waals surface area contributed by atoms with Crippen LogP contribution in [0.15, 0.2) is 66.2 Å². The van der Waals surface area contributed by atoms with Gasteiger partial charge in [0.25, 0.3) is 5.91 Å². The van der Waals surface area contributed by atoms with Crippen molar-refractivity contribution in [2.45, 2.75) is 150 Å². The Morgan fingerprint density at radius 2 is 1.41 bits per heavy atom. The van der Waals surface area contributed by atoms with Gasteiger partial charge in [-0.25, -0.2) is 10.3 Å². The van der Waals surface area contributed by atoms with Crippen LogP contribution in [-0.2, 0) is 55.2 Å². The number of benzene rings is 2. The quantitative estimate of drug-likeness (QED) is 0.0350. The van der Waals surface area contributed by atoms with Gasteiger partial charge in [-0.05, 0) is 87.2 Å². The lowest BCUT2D eigenvalue weighted by Crippen LogP contribution is -2.61. The number of carboxylic acids is 1. The van der Waals surface area contributed by atoms with E-state index in [2.05, 4.69) is 37.4 Å². The van der Waals surface area contributed by atoms with Crippen molar-refractivity contribution >= 4 is 59.0 Å². The van der Waals surface area contributed by atoms with E-state index < -0.39 is 94.4 Å². The molecule has 5 atom stereocenters. The molecule has 1 heterocycles. The molecular formula is C55H84N10O11. The first-order valence-corrected chi connectivity index (χ1v) is 26.0. The summed E-state index contributed by atoms with van der Waals surface area (Å²) in [6.45, 7) is 19.1. The zero-order valence-electron chi connectivity index (χ0n) is 46.5. The number of primary amides is 1. The number of carbonyl (C=O) groups excluding carboxylic acids is 8. The normalized spacial score (nSPS) is 15.4. The predicted octanol–water partition coefficient (Wildman–Crippen LogP) is 3.88. The molecule has 0 spiro atoms. The van der Waals surface area contributed by atoms with Crippen molar-refractivity contribution < 1.29 is 53.1 Å². The van der Waals surface area contributed by atoms with E-state index in [4.69, 9.17) is 10.6 Å². The van der Waals surface area contributed by atoms with E-state index in [1.165, 1.54) is 4.90 Å². The van der Waals surface area contributed by atoms with Gasteiger partial charge in [-0.1, -0.05) is 111 Å². The second kappa shape index (κ2) is 29.4. The van der Waals surface area contributed by atoms with Gasteiger partial charge in [0.2, 0.25) is 35.4 Å². The number of piperidine rings is 1. The summed E-state index contributed by atoms with van der Waals surface area (Å²) >= 11 is 0. The van der Waals surface area contributed by atoms with Gasteiger partial charge in [-0.2, -0.15) is 0 Å². The zero-order chi connectivity index (χ0) is 57.1. The first-order valence-electron chi connectivity index (χ1n) is 26.0. The van der Waals surface area contributed by atoms with Crippen LogP contribution >= 0.6 is 0 Å². The molecule has 1 aliphatic rings. The Hall–Kier alpha value is -6.87. The Bertz CT molecular complexity index is 2340. The Morgan fingerprint density at radius 3 is 1.95 bits per heavy atom. The van der Waals surface area contributed by atoms with Crippen molar-refractivity contribution in [2.75, 3.05) is 39.0 Å². The van der Waals surface area contributed by atoms with Crippen LogP contribution in [0.25, 0.3) is 0 Å². The number of hydroxylamine groups is 1. The van der Waals surface area contributed by atoms with Crippen molar-refractivity contribution in [2.24, 2.45) is 28.9 Å². The average molecular weight is 1060 g/mol. The minimum Gasteiger partial charge on any atom is -0.481 e. The minimum atomic E-state index is -1.10. The van der Waals surface area contributed by atoms with Crippen molar-refractivity contribution in [1.82, 2.24) is 41.9 Å². The van der Waals surface area contributed by atoms with Crippen LogP contribution in [0.1, 0.15) is 119 Å². The molecule has 21 heteroatoms. The summed E-state index contributed by atoms with van der Waals surface area (Å²) in [6, 6.07) is 11.3. The highest BCUT2D eigenvalue weighted by atomic mass is 16.6. The molecular weight excluding hydrogens is 977 g/mol. The number of hydrogen-bond donors (Lipinski definition) is 9. The monoisotopic (exact) mass is 1060 g/mol. The molecule has 1 fully saturated rings. The molecule has 3 rings (SSSR count). The Labute approximate surface area is 448 Å². The highest BCUT2D eigenvalue weighted by Gasteiger charge is 2.42. The molecule has 9 amide bonds. The molecule has 76 heavy (non-hydrogen) atoms. The number of likely N-dealkylation sites (tertiary alicyclic amines) is 1. The lowest BCUT2D eigenvalue weighted by Gasteiger charge is -2.40. The summed E-state index contributed by atoms with van der Waals surface area (Å²) in [5.41, 5.74) is 8.64. The largest absolute Gasteiger partial charge is 0.481 e. The molecule has 2 aromatic carbocycles. The molecule has 0 bridgehead atoms. The van der Waals surface area contributed by atoms with Crippen molar-refractivity contribution in [3.05, 3.63) is 77.4 Å². The molecule has 10 N–H and O–H groups in total. The number of carboxylic acid groups (broad SMARTS) is 1. The van der Waals surface area contributed by atoms with Gasteiger partial charge in [0, 0.05) is 49.2 Å². The number of aliphatic carboxylic acids is 1. The second-order valence-corrected chi connectivity index (χ2v) is 22.1. The maximum absolute atomic E-state index is 14.1. The number of rotatable bonds is 27. The summed E-state index contributed by atoms with van der Waals surface area (Å²) < 4.78 is 0. The number of anilines is 1. The fraction of sp³-hybridized carbons (Fsp3) is 0.582. The van der Waals surface area contributed by atoms with E-state index in [0.29, 0.717) is 24.1 Å². The van der Waals surface area contributed by atoms with Gasteiger partial charge in [-0.15, -0.1) is 0 Å². The second-order valence-electron chi connectivity index (χ2n) is 22.1. The zero-order valence-corrected chi connectivity index (χ0v) is 46.5. The Kier molecular flexibility index (Phi) is 24.6. The van der Waals surface area contributed by atoms with Gasteiger partial charge >= 0.3 is 12.0 Å². The molecule has 2 aromatic rings. The van der Waals surface area contributed by atoms with Crippen LogP contribution in [0.5, 0.6) is 0 Å². The standard InChI is InChI=1S/C55H84N10O11/c1-33(2)41(60-50(71)45(54(6,7)8)62-51(72)46(64(11)12)55(9,10)38-17-14-13-15-18-38)31-35(5)47(68)63-76-32-36-20-22-39(23-21-36)58-48(69)40(19-16-28-57-53(56)75)59-49(70)44(34(3)4)61-42(66)24-25-43(67)65-29-26-37(27-30-65)52(73)74/h13-15,17-18,20-23,31,33-34,37,40-41,44-46H,16,19,24-30,32H2,1-12H3,(H,58,69)(H,59,70)(H,60,71)(H,61,66)(H,62,72)(H,63,68)(H,73,74)(H3,56,57,75)/b35-31+/t40-,41?,44?,45+,46?/m0/s1. The molecule has 3 unspecified atom stereocenters. The first kappa shape index (κ1) is 63.4. The lowest BCUT2D eigenvalue weighted by atomic mass is 9.76. The van der Waals surface area contributed by atoms with Crippen LogP contribution < -0.4 is 43.1 Å². The third kappa shape index (κ3) is 20.0. The van der Waals surface area contributed by atoms with Crippen LogP contribution in [-0.4, -0.2) is 132 Å². The summed E-state index contributed by atoms with van der Waals surface area (Å²) in [4.78, 5) is 126. The number of nitrogens with two attached hydrogens (primary N) is 1. The Balaban J connectivity index is 1.61. The van der Waals surface area contributed by atoms with Crippen molar-refractivity contribution in [3.8, 4) is 0 Å². The van der Waals surface area contributed by atoms with E-state index in [0.717, 1.165) is 5.56 Å². The molecule has 21 nitrogen and oxygen atoms in total. The Morgan fingerprint density at radius 1 is 0.789 bits per heavy atom. The van der Waals surface area contributed by atoms with Crippen molar-refractivity contribution in [1.29, 1.82) is 0 Å². The molecule has 0 saturated carbocycles. The fourth-order valence-corrected chi connectivity index (χ4v) is 8.89. The number of amides is 9. The number of carbonyl (C=O) groups is 9. The number of hydrogen-bond acceptors (Lipinski definition) is 11. The summed E-state index contributed by atoms with van der Waals surface area (Å²) in [7, 11) is 3.67. The number of urea groups is 1. The third-order valence-corrected chi connectivity index (χ3v) is 13.5. The van der Waals surface area contributed by atoms with Gasteiger partial charge in [0.05, 0.1) is 24.6 Å². The highest BCUT2D eigenvalue weighted by molar-refractivity contribution is 5.99. The van der Waals surface area contributed by atoms with E-state index in [-0.39, 0.29) is 75.2 Å². The van der Waals surface area contributed by atoms with Crippen LogP contribution in [0.2, 0.25) is 0 Å². The van der Waals surface area contributed by atoms with Crippen molar-refractivity contribution in [3.63, 3.8) is 0 Å². The maximum atomic E-state index is 14.1. The number of nitrogens with zero attached hydrogens (tertiary/aromatic N) is 2. The highest BCUT2D eigenvalue weighted by Crippen LogP contribution is 2.31. The predicted molar refractivity (Wildman–Crippen MR) is 289 cm³/mol. The van der Waals surface area contributed by atoms with E-state index in [1.54, 1.807) is 51.1 Å². The first-order chi connectivity index (χ1) is 35.5. The van der Waals surface area contributed by atoms with E-state index >= 15 is 0 Å². The molecule has 0 radical (unpaired) electrons. The molecule has 0 aliphatic carbocycles. The minimum absolute atomic E-state index is 0.0486. The lowest BCUT2D eigenvalue weighted by molar-refractivity contribution is -0.145. The third-order valence-electron chi connectivity index (χ3n) is 13.5. The summed E-state index contributed by atoms with van der Waals surface area (Å²) in [5.74, 6) is -5.22. The van der Waals surface area contributed by atoms with Gasteiger partial charge in [-0.3, -0.25) is 48.1 Å². The summed E-state index contributed by atoms with van der Waals surface area (Å²) in [5, 5.41) is 26.0. The van der Waals surface area contributed by atoms with E-state index in [1.807, 2.05) is 97.8 Å². The number of likely N-dealkylation sites (N-methyl/N-ethyl adjacent to an activating group) is 1. The van der Waals surface area contributed by atoms with Crippen LogP contribution in [0.4, 0.5) is 10.5 Å². The summed E-state index contributed by atoms with van der Waals surface area (Å²) in [6.07, 6.45) is 2.35. The van der Waals surface area contributed by atoms with Crippen LogP contribution in [0.3, 0.4) is 0 Å². The molecule has 1 saturated heterocycles. The smallest absolute Gasteiger partial charge is 0.312 e. The maximum Gasteiger partial charge on any atom is 0.312 e. The molecule has 420 valence electrons. The fourth-order valence-electron chi connectivity index (χ4n) is 8.89.